The zero-order chi connectivity index (χ0) is 11.9. The predicted octanol–water partition coefficient (Wildman–Crippen LogP) is 3.06. The fourth-order valence-electron chi connectivity index (χ4n) is 1.75. The van der Waals surface area contributed by atoms with Gasteiger partial charge in [-0.1, -0.05) is 23.7 Å². The molecule has 16 heavy (non-hydrogen) atoms. The van der Waals surface area contributed by atoms with Crippen LogP contribution in [0, 0.1) is 13.8 Å². The maximum atomic E-state index is 9.66. The Morgan fingerprint density at radius 2 is 1.94 bits per heavy atom. The first-order valence-electron chi connectivity index (χ1n) is 5.00. The molecule has 0 spiro atoms. The van der Waals surface area contributed by atoms with Crippen LogP contribution in [-0.2, 0) is 7.05 Å². The van der Waals surface area contributed by atoms with E-state index in [4.69, 9.17) is 11.6 Å². The molecule has 0 atom stereocenters. The van der Waals surface area contributed by atoms with Crippen molar-refractivity contribution in [2.24, 2.45) is 7.05 Å². The molecule has 4 heteroatoms. The highest BCUT2D eigenvalue weighted by molar-refractivity contribution is 6.30. The minimum absolute atomic E-state index is 0.277. The van der Waals surface area contributed by atoms with Crippen molar-refractivity contribution in [2.45, 2.75) is 13.8 Å². The molecular formula is C12H13ClN2O. The van der Waals surface area contributed by atoms with Gasteiger partial charge in [-0.2, -0.15) is 5.10 Å². The lowest BCUT2D eigenvalue weighted by atomic mass is 10.0. The van der Waals surface area contributed by atoms with Gasteiger partial charge in [0.2, 0.25) is 0 Å². The average Bonchev–Trinajstić information content (AvgIpc) is 2.50. The molecule has 1 heterocycles. The lowest BCUT2D eigenvalue weighted by molar-refractivity contribution is 0.471. The van der Waals surface area contributed by atoms with E-state index in [1.807, 2.05) is 19.9 Å². The van der Waals surface area contributed by atoms with Crippen LogP contribution in [0.15, 0.2) is 18.2 Å². The Morgan fingerprint density at radius 3 is 2.50 bits per heavy atom. The highest BCUT2D eigenvalue weighted by Gasteiger charge is 2.14. The molecule has 1 aromatic carbocycles. The maximum Gasteiger partial charge on any atom is 0.130 e. The topological polar surface area (TPSA) is 38.1 Å². The standard InChI is InChI=1S/C12H13ClN2O/c1-7-9(5-4-6-10(7)16)11-8(2)12(13)15(3)14-11/h4-6,16H,1-3H3. The molecule has 1 N–H and O–H groups in total. The van der Waals surface area contributed by atoms with Crippen molar-refractivity contribution in [3.63, 3.8) is 0 Å². The van der Waals surface area contributed by atoms with Gasteiger partial charge in [-0.25, -0.2) is 0 Å². The molecule has 0 unspecified atom stereocenters. The van der Waals surface area contributed by atoms with Crippen molar-refractivity contribution in [1.82, 2.24) is 9.78 Å². The van der Waals surface area contributed by atoms with Crippen molar-refractivity contribution < 1.29 is 5.11 Å². The molecule has 0 radical (unpaired) electrons. The van der Waals surface area contributed by atoms with E-state index >= 15 is 0 Å². The minimum Gasteiger partial charge on any atom is -0.508 e. The Kier molecular flexibility index (Phi) is 2.64. The number of aromatic hydroxyl groups is 1. The molecule has 0 fully saturated rings. The summed E-state index contributed by atoms with van der Waals surface area (Å²) >= 11 is 6.08. The van der Waals surface area contributed by atoms with Gasteiger partial charge < -0.3 is 5.11 Å². The van der Waals surface area contributed by atoms with Crippen molar-refractivity contribution in [2.75, 3.05) is 0 Å². The van der Waals surface area contributed by atoms with Gasteiger partial charge in [0.25, 0.3) is 0 Å². The van der Waals surface area contributed by atoms with Crippen LogP contribution in [-0.4, -0.2) is 14.9 Å². The summed E-state index contributed by atoms with van der Waals surface area (Å²) in [5.74, 6) is 0.277. The van der Waals surface area contributed by atoms with Crippen LogP contribution in [0.4, 0.5) is 0 Å². The molecule has 2 aromatic rings. The molecule has 0 amide bonds. The maximum absolute atomic E-state index is 9.66. The number of aryl methyl sites for hydroxylation is 1. The quantitative estimate of drug-likeness (QED) is 0.827. The van der Waals surface area contributed by atoms with Crippen LogP contribution in [0.2, 0.25) is 5.15 Å². The van der Waals surface area contributed by atoms with E-state index in [2.05, 4.69) is 5.10 Å². The first kappa shape index (κ1) is 11.0. The van der Waals surface area contributed by atoms with Crippen molar-refractivity contribution >= 4 is 11.6 Å². The highest BCUT2D eigenvalue weighted by Crippen LogP contribution is 2.32. The van der Waals surface area contributed by atoms with E-state index in [-0.39, 0.29) is 5.75 Å². The smallest absolute Gasteiger partial charge is 0.130 e. The molecule has 0 aliphatic carbocycles. The zero-order valence-corrected chi connectivity index (χ0v) is 10.2. The van der Waals surface area contributed by atoms with Crippen LogP contribution in [0.25, 0.3) is 11.3 Å². The molecule has 0 aliphatic heterocycles. The predicted molar refractivity (Wildman–Crippen MR) is 64.8 cm³/mol. The average molecular weight is 237 g/mol. The second kappa shape index (κ2) is 3.83. The lowest BCUT2D eigenvalue weighted by Gasteiger charge is -2.05. The number of phenolic OH excluding ortho intramolecular Hbond substituents is 1. The van der Waals surface area contributed by atoms with Crippen molar-refractivity contribution in [1.29, 1.82) is 0 Å². The summed E-state index contributed by atoms with van der Waals surface area (Å²) in [5.41, 5.74) is 3.49. The number of aromatic nitrogens is 2. The molecular weight excluding hydrogens is 224 g/mol. The number of nitrogens with zero attached hydrogens (tertiary/aromatic N) is 2. The summed E-state index contributed by atoms with van der Waals surface area (Å²) < 4.78 is 1.63. The zero-order valence-electron chi connectivity index (χ0n) is 9.45. The highest BCUT2D eigenvalue weighted by atomic mass is 35.5. The summed E-state index contributed by atoms with van der Waals surface area (Å²) in [6.45, 7) is 3.79. The van der Waals surface area contributed by atoms with Crippen LogP contribution < -0.4 is 0 Å². The molecule has 0 aliphatic rings. The van der Waals surface area contributed by atoms with E-state index in [9.17, 15) is 5.11 Å². The number of rotatable bonds is 1. The molecule has 1 aromatic heterocycles. The van der Waals surface area contributed by atoms with Crippen LogP contribution in [0.5, 0.6) is 5.75 Å². The van der Waals surface area contributed by atoms with Gasteiger partial charge in [0.05, 0.1) is 5.69 Å². The second-order valence-electron chi connectivity index (χ2n) is 3.84. The van der Waals surface area contributed by atoms with Crippen molar-refractivity contribution in [3.05, 3.63) is 34.5 Å². The molecule has 0 bridgehead atoms. The summed E-state index contributed by atoms with van der Waals surface area (Å²) in [6, 6.07) is 5.40. The number of hydrogen-bond donors (Lipinski definition) is 1. The number of halogens is 1. The van der Waals surface area contributed by atoms with E-state index < -0.39 is 0 Å². The van der Waals surface area contributed by atoms with E-state index in [0.29, 0.717) is 5.15 Å². The fraction of sp³-hybridized carbons (Fsp3) is 0.250. The summed E-state index contributed by atoms with van der Waals surface area (Å²) in [7, 11) is 1.80. The Bertz CT molecular complexity index is 546. The number of benzene rings is 1. The molecule has 3 nitrogen and oxygen atoms in total. The summed E-state index contributed by atoms with van der Waals surface area (Å²) in [4.78, 5) is 0. The van der Waals surface area contributed by atoms with Gasteiger partial charge in [0.15, 0.2) is 0 Å². The van der Waals surface area contributed by atoms with Gasteiger partial charge in [0.1, 0.15) is 10.9 Å². The summed E-state index contributed by atoms with van der Waals surface area (Å²) in [6.07, 6.45) is 0. The van der Waals surface area contributed by atoms with Crippen LogP contribution in [0.3, 0.4) is 0 Å². The molecule has 84 valence electrons. The Hall–Kier alpha value is -1.48. The van der Waals surface area contributed by atoms with Gasteiger partial charge >= 0.3 is 0 Å². The largest absolute Gasteiger partial charge is 0.508 e. The van der Waals surface area contributed by atoms with Gasteiger partial charge in [-0.15, -0.1) is 0 Å². The third-order valence-corrected chi connectivity index (χ3v) is 3.29. The summed E-state index contributed by atoms with van der Waals surface area (Å²) in [5, 5.41) is 14.6. The van der Waals surface area contributed by atoms with Crippen LogP contribution in [0.1, 0.15) is 11.1 Å². The number of phenols is 1. The SMILES string of the molecule is Cc1c(O)cccc1-c1nn(C)c(Cl)c1C. The first-order valence-corrected chi connectivity index (χ1v) is 5.38. The van der Waals surface area contributed by atoms with Gasteiger partial charge in [-0.05, 0) is 19.9 Å². The van der Waals surface area contributed by atoms with Gasteiger partial charge in [-0.3, -0.25) is 4.68 Å². The lowest BCUT2D eigenvalue weighted by Crippen LogP contribution is -1.90. The van der Waals surface area contributed by atoms with Gasteiger partial charge in [0, 0.05) is 23.7 Å². The first-order chi connectivity index (χ1) is 7.52. The Balaban J connectivity index is 2.68. The van der Waals surface area contributed by atoms with Crippen molar-refractivity contribution in [3.8, 4) is 17.0 Å². The Morgan fingerprint density at radius 1 is 1.25 bits per heavy atom. The third-order valence-electron chi connectivity index (χ3n) is 2.76. The van der Waals surface area contributed by atoms with E-state index in [1.54, 1.807) is 23.9 Å². The number of hydrogen-bond acceptors (Lipinski definition) is 2. The second-order valence-corrected chi connectivity index (χ2v) is 4.20. The third kappa shape index (κ3) is 1.57. The fourth-order valence-corrected chi connectivity index (χ4v) is 1.87. The van der Waals surface area contributed by atoms with E-state index in [0.717, 1.165) is 22.4 Å². The normalized spacial score (nSPS) is 10.8. The monoisotopic (exact) mass is 236 g/mol. The Labute approximate surface area is 99.3 Å². The molecule has 2 rings (SSSR count). The molecule has 0 saturated carbocycles. The molecule has 0 saturated heterocycles. The van der Waals surface area contributed by atoms with Crippen LogP contribution >= 0.6 is 11.6 Å². The minimum atomic E-state index is 0.277. The van der Waals surface area contributed by atoms with E-state index in [1.165, 1.54) is 0 Å².